The lowest BCUT2D eigenvalue weighted by Crippen LogP contribution is -2.50. The molecular formula is C23H31N3O6. The minimum absolute atomic E-state index is 0.194. The Morgan fingerprint density at radius 3 is 2.09 bits per heavy atom. The molecular weight excluding hydrogens is 414 g/mol. The van der Waals surface area contributed by atoms with Crippen molar-refractivity contribution >= 4 is 29.6 Å². The standard InChI is InChI=1S/C23H31N3O6/c1-7-14(2)19(26-20(29)15-10-8-9-11-16(15)21(26)30)22(31)32-13-18(28)25(6)12-17(27)24-23(3,4)5/h8-11,14,19H,7,12-13H2,1-6H3,(H,24,27)/t14-,19-/m0/s1. The van der Waals surface area contributed by atoms with E-state index in [0.717, 1.165) is 9.80 Å². The van der Waals surface area contributed by atoms with Crippen molar-refractivity contribution < 1.29 is 28.7 Å². The molecule has 0 fully saturated rings. The molecule has 4 amide bonds. The highest BCUT2D eigenvalue weighted by molar-refractivity contribution is 6.22. The first-order chi connectivity index (χ1) is 14.9. The van der Waals surface area contributed by atoms with Gasteiger partial charge in [-0.15, -0.1) is 0 Å². The molecule has 2 rings (SSSR count). The zero-order chi connectivity index (χ0) is 24.2. The minimum Gasteiger partial charge on any atom is -0.454 e. The lowest BCUT2D eigenvalue weighted by molar-refractivity contribution is -0.156. The van der Waals surface area contributed by atoms with Gasteiger partial charge in [-0.05, 0) is 38.8 Å². The quantitative estimate of drug-likeness (QED) is 0.481. The van der Waals surface area contributed by atoms with E-state index in [1.165, 1.54) is 19.2 Å². The Kier molecular flexibility index (Phi) is 7.77. The van der Waals surface area contributed by atoms with Crippen LogP contribution in [0.3, 0.4) is 0 Å². The van der Waals surface area contributed by atoms with Crippen molar-refractivity contribution in [1.82, 2.24) is 15.1 Å². The summed E-state index contributed by atoms with van der Waals surface area (Å²) in [6.07, 6.45) is 0.508. The molecule has 1 aliphatic heterocycles. The van der Waals surface area contributed by atoms with Gasteiger partial charge in [0.15, 0.2) is 6.61 Å². The summed E-state index contributed by atoms with van der Waals surface area (Å²) in [7, 11) is 1.43. The maximum Gasteiger partial charge on any atom is 0.330 e. The minimum atomic E-state index is -1.16. The summed E-state index contributed by atoms with van der Waals surface area (Å²) in [6, 6.07) is 5.21. The first-order valence-corrected chi connectivity index (χ1v) is 10.6. The number of benzene rings is 1. The van der Waals surface area contributed by atoms with Crippen molar-refractivity contribution in [2.24, 2.45) is 5.92 Å². The Bertz CT molecular complexity index is 886. The molecule has 0 radical (unpaired) electrons. The fourth-order valence-electron chi connectivity index (χ4n) is 3.37. The average Bonchev–Trinajstić information content (AvgIpc) is 2.96. The normalized spacial score (nSPS) is 15.1. The van der Waals surface area contributed by atoms with Crippen LogP contribution in [0.2, 0.25) is 0 Å². The number of carbonyl (C=O) groups excluding carboxylic acids is 5. The van der Waals surface area contributed by atoms with E-state index in [1.807, 2.05) is 27.7 Å². The molecule has 9 heteroatoms. The van der Waals surface area contributed by atoms with Crippen LogP contribution >= 0.6 is 0 Å². The number of imide groups is 1. The number of nitrogens with zero attached hydrogens (tertiary/aromatic N) is 2. The van der Waals surface area contributed by atoms with Gasteiger partial charge in [-0.25, -0.2) is 4.79 Å². The molecule has 9 nitrogen and oxygen atoms in total. The van der Waals surface area contributed by atoms with Crippen LogP contribution in [0, 0.1) is 5.92 Å². The molecule has 1 N–H and O–H groups in total. The number of fused-ring (bicyclic) bond motifs is 1. The Morgan fingerprint density at radius 1 is 1.09 bits per heavy atom. The van der Waals surface area contributed by atoms with Crippen LogP contribution in [0.25, 0.3) is 0 Å². The Hall–Kier alpha value is -3.23. The van der Waals surface area contributed by atoms with Gasteiger partial charge in [0, 0.05) is 12.6 Å². The van der Waals surface area contributed by atoms with Crippen molar-refractivity contribution in [2.45, 2.75) is 52.6 Å². The van der Waals surface area contributed by atoms with E-state index in [9.17, 15) is 24.0 Å². The van der Waals surface area contributed by atoms with Crippen LogP contribution in [0.4, 0.5) is 0 Å². The fraction of sp³-hybridized carbons (Fsp3) is 0.522. The van der Waals surface area contributed by atoms with E-state index < -0.39 is 41.9 Å². The van der Waals surface area contributed by atoms with Crippen molar-refractivity contribution in [3.8, 4) is 0 Å². The molecule has 0 bridgehead atoms. The molecule has 0 unspecified atom stereocenters. The molecule has 174 valence electrons. The molecule has 2 atom stereocenters. The number of esters is 1. The second kappa shape index (κ2) is 9.93. The lowest BCUT2D eigenvalue weighted by Gasteiger charge is -2.29. The van der Waals surface area contributed by atoms with Crippen LogP contribution in [0.5, 0.6) is 0 Å². The summed E-state index contributed by atoms with van der Waals surface area (Å²) in [4.78, 5) is 65.0. The lowest BCUT2D eigenvalue weighted by atomic mass is 9.97. The van der Waals surface area contributed by atoms with Crippen LogP contribution < -0.4 is 5.32 Å². The zero-order valence-electron chi connectivity index (χ0n) is 19.4. The maximum absolute atomic E-state index is 12.9. The Balaban J connectivity index is 2.07. The van der Waals surface area contributed by atoms with Crippen LogP contribution in [0.15, 0.2) is 24.3 Å². The fourth-order valence-corrected chi connectivity index (χ4v) is 3.37. The van der Waals surface area contributed by atoms with Crippen molar-refractivity contribution in [2.75, 3.05) is 20.2 Å². The van der Waals surface area contributed by atoms with E-state index in [1.54, 1.807) is 19.1 Å². The summed E-state index contributed by atoms with van der Waals surface area (Å²) in [6.45, 7) is 8.24. The number of hydrogen-bond acceptors (Lipinski definition) is 6. The third kappa shape index (κ3) is 5.72. The molecule has 32 heavy (non-hydrogen) atoms. The number of likely N-dealkylation sites (N-methyl/N-ethyl adjacent to an activating group) is 1. The van der Waals surface area contributed by atoms with E-state index in [2.05, 4.69) is 5.32 Å². The van der Waals surface area contributed by atoms with E-state index in [4.69, 9.17) is 4.74 Å². The van der Waals surface area contributed by atoms with Gasteiger partial charge >= 0.3 is 5.97 Å². The monoisotopic (exact) mass is 445 g/mol. The Morgan fingerprint density at radius 2 is 1.62 bits per heavy atom. The van der Waals surface area contributed by atoms with Gasteiger partial charge < -0.3 is 15.0 Å². The number of amides is 4. The van der Waals surface area contributed by atoms with Gasteiger partial charge in [-0.3, -0.25) is 24.1 Å². The van der Waals surface area contributed by atoms with Crippen LogP contribution in [-0.2, 0) is 19.1 Å². The van der Waals surface area contributed by atoms with Crippen molar-refractivity contribution in [3.63, 3.8) is 0 Å². The summed E-state index contributed by atoms with van der Waals surface area (Å²) < 4.78 is 5.19. The maximum atomic E-state index is 12.9. The predicted molar refractivity (Wildman–Crippen MR) is 117 cm³/mol. The summed E-state index contributed by atoms with van der Waals surface area (Å²) in [5.41, 5.74) is 0.0297. The molecule has 1 aliphatic rings. The highest BCUT2D eigenvalue weighted by Crippen LogP contribution is 2.28. The number of carbonyl (C=O) groups is 5. The highest BCUT2D eigenvalue weighted by atomic mass is 16.5. The van der Waals surface area contributed by atoms with Gasteiger partial charge in [0.05, 0.1) is 17.7 Å². The van der Waals surface area contributed by atoms with Gasteiger partial charge in [-0.2, -0.15) is 0 Å². The predicted octanol–water partition coefficient (Wildman–Crippen LogP) is 1.61. The van der Waals surface area contributed by atoms with Gasteiger partial charge in [0.25, 0.3) is 17.7 Å². The number of nitrogens with one attached hydrogen (secondary N) is 1. The second-order valence-corrected chi connectivity index (χ2v) is 9.01. The number of hydrogen-bond donors (Lipinski definition) is 1. The third-order valence-electron chi connectivity index (χ3n) is 5.19. The SMILES string of the molecule is CC[C@H](C)[C@@H](C(=O)OCC(=O)N(C)CC(=O)NC(C)(C)C)N1C(=O)c2ccccc2C1=O. The van der Waals surface area contributed by atoms with Crippen LogP contribution in [0.1, 0.15) is 61.8 Å². The first kappa shape index (κ1) is 25.0. The van der Waals surface area contributed by atoms with Crippen LogP contribution in [-0.4, -0.2) is 71.2 Å². The molecule has 0 spiro atoms. The smallest absolute Gasteiger partial charge is 0.330 e. The summed E-state index contributed by atoms with van der Waals surface area (Å²) in [5.74, 6) is -3.26. The molecule has 1 aromatic carbocycles. The topological polar surface area (TPSA) is 113 Å². The zero-order valence-corrected chi connectivity index (χ0v) is 19.4. The highest BCUT2D eigenvalue weighted by Gasteiger charge is 2.45. The molecule has 1 aromatic rings. The first-order valence-electron chi connectivity index (χ1n) is 10.6. The Labute approximate surface area is 188 Å². The number of rotatable bonds is 8. The summed E-state index contributed by atoms with van der Waals surface area (Å²) in [5, 5.41) is 2.74. The van der Waals surface area contributed by atoms with Gasteiger partial charge in [-0.1, -0.05) is 32.4 Å². The second-order valence-electron chi connectivity index (χ2n) is 9.01. The van der Waals surface area contributed by atoms with E-state index >= 15 is 0 Å². The molecule has 0 saturated carbocycles. The molecule has 0 aliphatic carbocycles. The molecule has 0 saturated heterocycles. The average molecular weight is 446 g/mol. The largest absolute Gasteiger partial charge is 0.454 e. The van der Waals surface area contributed by atoms with Crippen molar-refractivity contribution in [1.29, 1.82) is 0 Å². The van der Waals surface area contributed by atoms with E-state index in [0.29, 0.717) is 6.42 Å². The molecule has 1 heterocycles. The third-order valence-corrected chi connectivity index (χ3v) is 5.19. The number of ether oxygens (including phenoxy) is 1. The van der Waals surface area contributed by atoms with E-state index in [-0.39, 0.29) is 29.5 Å². The summed E-state index contributed by atoms with van der Waals surface area (Å²) >= 11 is 0. The van der Waals surface area contributed by atoms with Gasteiger partial charge in [0.2, 0.25) is 5.91 Å². The van der Waals surface area contributed by atoms with Gasteiger partial charge in [0.1, 0.15) is 6.04 Å². The van der Waals surface area contributed by atoms with Crippen molar-refractivity contribution in [3.05, 3.63) is 35.4 Å². The molecule has 0 aromatic heterocycles.